The van der Waals surface area contributed by atoms with Crippen molar-refractivity contribution < 1.29 is 0 Å². The highest BCUT2D eigenvalue weighted by Gasteiger charge is 2.13. The summed E-state index contributed by atoms with van der Waals surface area (Å²) in [5.74, 6) is 1.21. The molecule has 10 heavy (non-hydrogen) atoms. The van der Waals surface area contributed by atoms with E-state index in [0.29, 0.717) is 4.75 Å². The third-order valence-electron chi connectivity index (χ3n) is 1.69. The van der Waals surface area contributed by atoms with Crippen LogP contribution in [0.15, 0.2) is 0 Å². The Morgan fingerprint density at radius 3 is 2.40 bits per heavy atom. The summed E-state index contributed by atoms with van der Waals surface area (Å²) in [5, 5.41) is 0. The number of rotatable bonds is 5. The molecule has 0 spiro atoms. The van der Waals surface area contributed by atoms with Crippen molar-refractivity contribution in [2.45, 2.75) is 38.4 Å². The first-order valence-corrected chi connectivity index (χ1v) is 4.95. The zero-order valence-electron chi connectivity index (χ0n) is 7.31. The lowest BCUT2D eigenvalue weighted by Crippen LogP contribution is -2.14. The van der Waals surface area contributed by atoms with E-state index < -0.39 is 0 Å². The maximum Gasteiger partial charge on any atom is 0.0101 e. The molecule has 0 heterocycles. The van der Waals surface area contributed by atoms with Gasteiger partial charge in [0.25, 0.3) is 0 Å². The van der Waals surface area contributed by atoms with Crippen molar-refractivity contribution in [3.63, 3.8) is 0 Å². The second kappa shape index (κ2) is 5.03. The molecule has 0 amide bonds. The third-order valence-corrected chi connectivity index (χ3v) is 3.26. The van der Waals surface area contributed by atoms with Gasteiger partial charge in [-0.15, -0.1) is 0 Å². The molecule has 0 aliphatic rings. The molecule has 2 heteroatoms. The summed E-state index contributed by atoms with van der Waals surface area (Å²) >= 11 is 2.02. The van der Waals surface area contributed by atoms with E-state index in [2.05, 4.69) is 20.8 Å². The minimum Gasteiger partial charge on any atom is -0.330 e. The summed E-state index contributed by atoms with van der Waals surface area (Å²) < 4.78 is 0.454. The van der Waals surface area contributed by atoms with Crippen LogP contribution in [0.3, 0.4) is 0 Å². The minimum absolute atomic E-state index is 0.454. The van der Waals surface area contributed by atoms with Crippen LogP contribution in [0.4, 0.5) is 0 Å². The highest BCUT2D eigenvalue weighted by Crippen LogP contribution is 2.27. The third kappa shape index (κ3) is 5.12. The number of nitrogens with two attached hydrogens (primary N) is 1. The summed E-state index contributed by atoms with van der Waals surface area (Å²) in [6.07, 6.45) is 2.39. The minimum atomic E-state index is 0.454. The van der Waals surface area contributed by atoms with Crippen LogP contribution in [0.2, 0.25) is 0 Å². The van der Waals surface area contributed by atoms with E-state index in [4.69, 9.17) is 5.73 Å². The van der Waals surface area contributed by atoms with Crippen LogP contribution < -0.4 is 5.73 Å². The van der Waals surface area contributed by atoms with Gasteiger partial charge in [0.2, 0.25) is 0 Å². The van der Waals surface area contributed by atoms with Gasteiger partial charge in [-0.2, -0.15) is 11.8 Å². The second-order valence-electron chi connectivity index (χ2n) is 3.10. The highest BCUT2D eigenvalue weighted by atomic mass is 32.2. The van der Waals surface area contributed by atoms with Gasteiger partial charge in [0, 0.05) is 4.75 Å². The molecule has 0 aliphatic heterocycles. The van der Waals surface area contributed by atoms with E-state index in [1.54, 1.807) is 0 Å². The van der Waals surface area contributed by atoms with Crippen molar-refractivity contribution in [1.82, 2.24) is 0 Å². The lowest BCUT2D eigenvalue weighted by atomic mass is 10.1. The number of thioether (sulfide) groups is 1. The van der Waals surface area contributed by atoms with Gasteiger partial charge < -0.3 is 5.73 Å². The van der Waals surface area contributed by atoms with Crippen LogP contribution in [0.1, 0.15) is 33.6 Å². The van der Waals surface area contributed by atoms with Crippen molar-refractivity contribution in [1.29, 1.82) is 0 Å². The van der Waals surface area contributed by atoms with Crippen LogP contribution in [0, 0.1) is 0 Å². The van der Waals surface area contributed by atoms with Crippen LogP contribution in [-0.4, -0.2) is 17.0 Å². The first kappa shape index (κ1) is 10.3. The summed E-state index contributed by atoms with van der Waals surface area (Å²) in [6, 6.07) is 0. The molecule has 0 atom stereocenters. The number of hydrogen-bond acceptors (Lipinski definition) is 2. The number of hydrogen-bond donors (Lipinski definition) is 1. The Morgan fingerprint density at radius 2 is 2.00 bits per heavy atom. The summed E-state index contributed by atoms with van der Waals surface area (Å²) in [6.45, 7) is 7.63. The normalized spacial score (nSPS) is 12.0. The van der Waals surface area contributed by atoms with Crippen molar-refractivity contribution in [3.05, 3.63) is 0 Å². The van der Waals surface area contributed by atoms with Crippen molar-refractivity contribution in [3.8, 4) is 0 Å². The lowest BCUT2D eigenvalue weighted by Gasteiger charge is -2.21. The highest BCUT2D eigenvalue weighted by molar-refractivity contribution is 8.00. The van der Waals surface area contributed by atoms with Crippen LogP contribution in [0.5, 0.6) is 0 Å². The molecular formula is C8H19NS. The Balaban J connectivity index is 3.28. The fraction of sp³-hybridized carbons (Fsp3) is 1.00. The predicted octanol–water partition coefficient (Wildman–Crippen LogP) is 2.26. The maximum absolute atomic E-state index is 5.39. The SMILES string of the molecule is CCC(C)(C)SCCCN. The molecular weight excluding hydrogens is 142 g/mol. The van der Waals surface area contributed by atoms with E-state index in [-0.39, 0.29) is 0 Å². The Bertz CT molecular complexity index is 81.3. The quantitative estimate of drug-likeness (QED) is 0.626. The monoisotopic (exact) mass is 161 g/mol. The standard InChI is InChI=1S/C8H19NS/c1-4-8(2,3)10-7-5-6-9/h4-7,9H2,1-3H3. The van der Waals surface area contributed by atoms with Gasteiger partial charge in [0.05, 0.1) is 0 Å². The molecule has 2 N–H and O–H groups in total. The molecule has 0 aromatic rings. The topological polar surface area (TPSA) is 26.0 Å². The molecule has 0 radical (unpaired) electrons. The largest absolute Gasteiger partial charge is 0.330 e. The van der Waals surface area contributed by atoms with Gasteiger partial charge in [0.1, 0.15) is 0 Å². The molecule has 0 saturated heterocycles. The molecule has 0 bridgehead atoms. The molecule has 1 nitrogen and oxygen atoms in total. The molecule has 0 aliphatic carbocycles. The zero-order valence-corrected chi connectivity index (χ0v) is 8.13. The molecule has 0 aromatic carbocycles. The second-order valence-corrected chi connectivity index (χ2v) is 4.91. The predicted molar refractivity (Wildman–Crippen MR) is 50.5 cm³/mol. The van der Waals surface area contributed by atoms with Crippen LogP contribution in [-0.2, 0) is 0 Å². The lowest BCUT2D eigenvalue weighted by molar-refractivity contribution is 0.683. The smallest absolute Gasteiger partial charge is 0.0101 e. The molecule has 0 saturated carbocycles. The summed E-state index contributed by atoms with van der Waals surface area (Å²) in [4.78, 5) is 0. The van der Waals surface area contributed by atoms with Crippen molar-refractivity contribution in [2.24, 2.45) is 5.73 Å². The molecule has 0 aromatic heterocycles. The van der Waals surface area contributed by atoms with Gasteiger partial charge in [-0.05, 0) is 25.1 Å². The van der Waals surface area contributed by atoms with Crippen LogP contribution >= 0.6 is 11.8 Å². The molecule has 62 valence electrons. The van der Waals surface area contributed by atoms with Crippen LogP contribution in [0.25, 0.3) is 0 Å². The Hall–Kier alpha value is 0.310. The summed E-state index contributed by atoms with van der Waals surface area (Å²) in [7, 11) is 0. The zero-order chi connectivity index (χ0) is 8.04. The van der Waals surface area contributed by atoms with Crippen molar-refractivity contribution in [2.75, 3.05) is 12.3 Å². The molecule has 0 fully saturated rings. The molecule has 0 rings (SSSR count). The van der Waals surface area contributed by atoms with Gasteiger partial charge in [-0.1, -0.05) is 20.8 Å². The fourth-order valence-corrected chi connectivity index (χ4v) is 1.60. The van der Waals surface area contributed by atoms with Gasteiger partial charge in [-0.3, -0.25) is 0 Å². The summed E-state index contributed by atoms with van der Waals surface area (Å²) in [5.41, 5.74) is 5.39. The van der Waals surface area contributed by atoms with E-state index in [1.165, 1.54) is 12.2 Å². The average Bonchev–Trinajstić information content (AvgIpc) is 1.89. The fourth-order valence-electron chi connectivity index (χ4n) is 0.534. The Morgan fingerprint density at radius 1 is 1.40 bits per heavy atom. The van der Waals surface area contributed by atoms with Crippen molar-refractivity contribution >= 4 is 11.8 Å². The van der Waals surface area contributed by atoms with Gasteiger partial charge >= 0.3 is 0 Å². The first-order valence-electron chi connectivity index (χ1n) is 3.96. The Kier molecular flexibility index (Phi) is 5.18. The first-order chi connectivity index (χ1) is 4.62. The van der Waals surface area contributed by atoms with E-state index in [0.717, 1.165) is 13.0 Å². The van der Waals surface area contributed by atoms with E-state index in [1.807, 2.05) is 11.8 Å². The van der Waals surface area contributed by atoms with Gasteiger partial charge in [0.15, 0.2) is 0 Å². The van der Waals surface area contributed by atoms with E-state index in [9.17, 15) is 0 Å². The van der Waals surface area contributed by atoms with Gasteiger partial charge in [-0.25, -0.2) is 0 Å². The molecule has 0 unspecified atom stereocenters. The van der Waals surface area contributed by atoms with E-state index >= 15 is 0 Å². The maximum atomic E-state index is 5.39. The average molecular weight is 161 g/mol. The Labute approximate surface area is 68.8 Å².